The van der Waals surface area contributed by atoms with Gasteiger partial charge in [0, 0.05) is 16.9 Å². The Bertz CT molecular complexity index is 316. The summed E-state index contributed by atoms with van der Waals surface area (Å²) in [5.41, 5.74) is 0.860. The maximum atomic E-state index is 10.9. The summed E-state index contributed by atoms with van der Waals surface area (Å²) >= 11 is 1.55. The number of ether oxygens (including phenoxy) is 1. The second-order valence-corrected chi connectivity index (χ2v) is 3.18. The minimum absolute atomic E-state index is 0.442. The van der Waals surface area contributed by atoms with Gasteiger partial charge in [-0.3, -0.25) is 0 Å². The van der Waals surface area contributed by atoms with E-state index in [1.54, 1.807) is 11.3 Å². The molecule has 13 heavy (non-hydrogen) atoms. The molecule has 1 aromatic heterocycles. The van der Waals surface area contributed by atoms with Gasteiger partial charge < -0.3 is 4.74 Å². The van der Waals surface area contributed by atoms with E-state index in [1.807, 2.05) is 23.8 Å². The topological polar surface area (TPSA) is 26.3 Å². The van der Waals surface area contributed by atoms with Crippen LogP contribution < -0.4 is 0 Å². The first-order valence-electron chi connectivity index (χ1n) is 4.04. The van der Waals surface area contributed by atoms with Gasteiger partial charge in [0.1, 0.15) is 0 Å². The molecule has 0 aliphatic carbocycles. The van der Waals surface area contributed by atoms with Crippen molar-refractivity contribution in [2.75, 3.05) is 6.61 Å². The molecule has 0 radical (unpaired) electrons. The summed E-state index contributed by atoms with van der Waals surface area (Å²) in [5.74, 6) is 4.68. The van der Waals surface area contributed by atoms with E-state index in [0.717, 1.165) is 12.0 Å². The molecule has 68 valence electrons. The Balaban J connectivity index is 2.43. The molecule has 0 N–H and O–H groups in total. The highest BCUT2D eigenvalue weighted by molar-refractivity contribution is 7.08. The van der Waals surface area contributed by atoms with Crippen LogP contribution in [0.4, 0.5) is 0 Å². The van der Waals surface area contributed by atoms with Gasteiger partial charge in [0.25, 0.3) is 0 Å². The zero-order chi connectivity index (χ0) is 9.52. The predicted octanol–water partition coefficient (Wildman–Crippen LogP) is 2.05. The number of carbonyl (C=O) groups is 1. The third-order valence-corrected chi connectivity index (χ3v) is 1.95. The molecule has 0 fully saturated rings. The van der Waals surface area contributed by atoms with Gasteiger partial charge in [-0.15, -0.1) is 0 Å². The van der Waals surface area contributed by atoms with E-state index in [-0.39, 0.29) is 0 Å². The highest BCUT2D eigenvalue weighted by atomic mass is 32.1. The summed E-state index contributed by atoms with van der Waals surface area (Å²) in [7, 11) is 0. The maximum absolute atomic E-state index is 10.9. The van der Waals surface area contributed by atoms with E-state index < -0.39 is 5.97 Å². The van der Waals surface area contributed by atoms with Crippen LogP contribution in [0.15, 0.2) is 16.8 Å². The Labute approximate surface area is 81.5 Å². The molecule has 0 saturated carbocycles. The summed E-state index contributed by atoms with van der Waals surface area (Å²) in [5, 5.41) is 3.81. The number of thiophene rings is 1. The van der Waals surface area contributed by atoms with Gasteiger partial charge in [-0.05, 0) is 17.9 Å². The van der Waals surface area contributed by atoms with E-state index in [2.05, 4.69) is 11.8 Å². The van der Waals surface area contributed by atoms with Crippen LogP contribution in [0.2, 0.25) is 0 Å². The molecule has 1 heterocycles. The number of carbonyl (C=O) groups excluding carboxylic acids is 1. The lowest BCUT2D eigenvalue weighted by Crippen LogP contribution is -2.01. The molecule has 0 aliphatic heterocycles. The van der Waals surface area contributed by atoms with Crippen LogP contribution in [0.3, 0.4) is 0 Å². The minimum atomic E-state index is -0.451. The fourth-order valence-corrected chi connectivity index (χ4v) is 1.28. The van der Waals surface area contributed by atoms with Crippen molar-refractivity contribution < 1.29 is 9.53 Å². The number of hydrogen-bond acceptors (Lipinski definition) is 3. The molecule has 0 saturated heterocycles. The van der Waals surface area contributed by atoms with E-state index in [4.69, 9.17) is 4.74 Å². The minimum Gasteiger partial charge on any atom is -0.456 e. The molecule has 1 aromatic rings. The monoisotopic (exact) mass is 194 g/mol. The third kappa shape index (κ3) is 3.77. The van der Waals surface area contributed by atoms with Gasteiger partial charge in [-0.25, -0.2) is 4.79 Å². The second kappa shape index (κ2) is 5.39. The Morgan fingerprint density at radius 1 is 1.69 bits per heavy atom. The van der Waals surface area contributed by atoms with Crippen LogP contribution in [0.1, 0.15) is 18.9 Å². The normalized spacial score (nSPS) is 8.69. The molecule has 0 amide bonds. The molecule has 1 rings (SSSR count). The van der Waals surface area contributed by atoms with E-state index in [9.17, 15) is 4.79 Å². The molecule has 0 spiro atoms. The highest BCUT2D eigenvalue weighted by Crippen LogP contribution is 2.02. The maximum Gasteiger partial charge on any atom is 0.384 e. The number of hydrogen-bond donors (Lipinski definition) is 0. The van der Waals surface area contributed by atoms with Crippen molar-refractivity contribution >= 4 is 17.3 Å². The van der Waals surface area contributed by atoms with Gasteiger partial charge in [-0.2, -0.15) is 11.3 Å². The molecule has 0 atom stereocenters. The fourth-order valence-electron chi connectivity index (χ4n) is 0.690. The van der Waals surface area contributed by atoms with Crippen LogP contribution in [-0.4, -0.2) is 12.6 Å². The van der Waals surface area contributed by atoms with Crippen LogP contribution >= 0.6 is 11.3 Å². The van der Waals surface area contributed by atoms with Gasteiger partial charge in [0.05, 0.1) is 6.61 Å². The lowest BCUT2D eigenvalue weighted by Gasteiger charge is -1.93. The van der Waals surface area contributed by atoms with Crippen molar-refractivity contribution in [3.05, 3.63) is 22.4 Å². The van der Waals surface area contributed by atoms with Crippen molar-refractivity contribution in [3.63, 3.8) is 0 Å². The number of rotatable bonds is 2. The van der Waals surface area contributed by atoms with Crippen LogP contribution in [0.25, 0.3) is 0 Å². The Morgan fingerprint density at radius 3 is 3.15 bits per heavy atom. The summed E-state index contributed by atoms with van der Waals surface area (Å²) in [6.07, 6.45) is 0.825. The zero-order valence-corrected chi connectivity index (χ0v) is 8.19. The average molecular weight is 194 g/mol. The quantitative estimate of drug-likeness (QED) is 0.532. The molecular formula is C10H10O2S. The summed E-state index contributed by atoms with van der Waals surface area (Å²) < 4.78 is 4.78. The van der Waals surface area contributed by atoms with Crippen LogP contribution in [-0.2, 0) is 9.53 Å². The number of esters is 1. The summed E-state index contributed by atoms with van der Waals surface area (Å²) in [4.78, 5) is 10.9. The molecule has 0 aromatic carbocycles. The van der Waals surface area contributed by atoms with Crippen molar-refractivity contribution in [1.82, 2.24) is 0 Å². The van der Waals surface area contributed by atoms with E-state index in [0.29, 0.717) is 6.61 Å². The second-order valence-electron chi connectivity index (χ2n) is 2.40. The highest BCUT2D eigenvalue weighted by Gasteiger charge is 1.94. The molecular weight excluding hydrogens is 184 g/mol. The fraction of sp³-hybridized carbons (Fsp3) is 0.300. The molecule has 3 heteroatoms. The first kappa shape index (κ1) is 9.82. The Kier molecular flexibility index (Phi) is 4.07. The van der Waals surface area contributed by atoms with Crippen molar-refractivity contribution in [2.45, 2.75) is 13.3 Å². The smallest absolute Gasteiger partial charge is 0.384 e. The Morgan fingerprint density at radius 2 is 2.54 bits per heavy atom. The van der Waals surface area contributed by atoms with E-state index >= 15 is 0 Å². The predicted molar refractivity (Wildman–Crippen MR) is 52.4 cm³/mol. The SMILES string of the molecule is CCCOC(=O)C#Cc1ccsc1. The van der Waals surface area contributed by atoms with Crippen LogP contribution in [0.5, 0.6) is 0 Å². The summed E-state index contributed by atoms with van der Waals surface area (Å²) in [6.45, 7) is 2.39. The molecule has 0 bridgehead atoms. The molecule has 0 aliphatic rings. The molecule has 0 unspecified atom stereocenters. The lowest BCUT2D eigenvalue weighted by atomic mass is 10.3. The van der Waals surface area contributed by atoms with Gasteiger partial charge in [0.2, 0.25) is 0 Å². The average Bonchev–Trinajstić information content (AvgIpc) is 2.64. The molecule has 2 nitrogen and oxygen atoms in total. The lowest BCUT2D eigenvalue weighted by molar-refractivity contribution is -0.136. The van der Waals surface area contributed by atoms with E-state index in [1.165, 1.54) is 0 Å². The first-order valence-corrected chi connectivity index (χ1v) is 4.98. The van der Waals surface area contributed by atoms with Crippen molar-refractivity contribution in [1.29, 1.82) is 0 Å². The van der Waals surface area contributed by atoms with Gasteiger partial charge in [0.15, 0.2) is 0 Å². The third-order valence-electron chi connectivity index (χ3n) is 1.27. The van der Waals surface area contributed by atoms with Crippen molar-refractivity contribution in [3.8, 4) is 11.8 Å². The first-order chi connectivity index (χ1) is 6.33. The summed E-state index contributed by atoms with van der Waals surface area (Å²) in [6, 6.07) is 1.87. The Hall–Kier alpha value is -1.27. The van der Waals surface area contributed by atoms with Gasteiger partial charge >= 0.3 is 5.97 Å². The zero-order valence-electron chi connectivity index (χ0n) is 7.37. The largest absolute Gasteiger partial charge is 0.456 e. The van der Waals surface area contributed by atoms with Gasteiger partial charge in [-0.1, -0.05) is 12.8 Å². The van der Waals surface area contributed by atoms with Crippen LogP contribution in [0, 0.1) is 11.8 Å². The van der Waals surface area contributed by atoms with Crippen molar-refractivity contribution in [2.24, 2.45) is 0 Å². The standard InChI is InChI=1S/C10H10O2S/c1-2-6-12-10(11)4-3-9-5-7-13-8-9/h5,7-8H,2,6H2,1H3.